The lowest BCUT2D eigenvalue weighted by atomic mass is 10.1. The van der Waals surface area contributed by atoms with Crippen molar-refractivity contribution in [2.45, 2.75) is 49.1 Å². The summed E-state index contributed by atoms with van der Waals surface area (Å²) in [6, 6.07) is 7.23. The largest absolute Gasteiger partial charge is 0.341 e. The van der Waals surface area contributed by atoms with E-state index in [1.54, 1.807) is 24.3 Å². The maximum atomic E-state index is 12.3. The molecule has 1 saturated heterocycles. The molecule has 2 aliphatic rings. The molecule has 0 aromatic heterocycles. The third kappa shape index (κ3) is 4.34. The van der Waals surface area contributed by atoms with Crippen molar-refractivity contribution in [1.82, 2.24) is 14.9 Å². The minimum absolute atomic E-state index is 0.105. The number of amides is 1. The second-order valence-electron chi connectivity index (χ2n) is 6.69. The van der Waals surface area contributed by atoms with Gasteiger partial charge in [-0.3, -0.25) is 4.79 Å². The Kier molecular flexibility index (Phi) is 5.22. The highest BCUT2D eigenvalue weighted by Crippen LogP contribution is 2.22. The topological polar surface area (TPSA) is 78.5 Å². The fourth-order valence-electron chi connectivity index (χ4n) is 2.93. The number of aryl methyl sites for hydroxylation is 1. The molecular formula is C17H25N3O3S. The van der Waals surface area contributed by atoms with Crippen LogP contribution in [-0.2, 0) is 21.2 Å². The highest BCUT2D eigenvalue weighted by molar-refractivity contribution is 7.89. The van der Waals surface area contributed by atoms with Crippen molar-refractivity contribution in [2.75, 3.05) is 20.1 Å². The van der Waals surface area contributed by atoms with Crippen molar-refractivity contribution in [2.24, 2.45) is 0 Å². The average Bonchev–Trinajstić information content (AvgIpc) is 3.20. The summed E-state index contributed by atoms with van der Waals surface area (Å²) >= 11 is 0. The van der Waals surface area contributed by atoms with Gasteiger partial charge >= 0.3 is 0 Å². The molecule has 24 heavy (non-hydrogen) atoms. The van der Waals surface area contributed by atoms with Gasteiger partial charge in [-0.2, -0.15) is 0 Å². The summed E-state index contributed by atoms with van der Waals surface area (Å²) in [6.07, 6.45) is 3.91. The Morgan fingerprint density at radius 3 is 2.54 bits per heavy atom. The molecule has 1 unspecified atom stereocenters. The van der Waals surface area contributed by atoms with Crippen LogP contribution in [0.1, 0.15) is 31.2 Å². The van der Waals surface area contributed by atoms with Crippen LogP contribution in [0.25, 0.3) is 0 Å². The monoisotopic (exact) mass is 351 g/mol. The van der Waals surface area contributed by atoms with Crippen LogP contribution in [0.2, 0.25) is 0 Å². The standard InChI is InChI=1S/C17H25N3O3S/c1-20(15-10-11-18-12-15)17(21)9-4-13-2-7-16(8-3-13)24(22,23)19-14-5-6-14/h2-3,7-8,14-15,18-19H,4-6,9-12H2,1H3. The number of carbonyl (C=O) groups excluding carboxylic acids is 1. The number of rotatable bonds is 7. The van der Waals surface area contributed by atoms with Gasteiger partial charge in [0.25, 0.3) is 0 Å². The summed E-state index contributed by atoms with van der Waals surface area (Å²) in [5.74, 6) is 0.135. The number of likely N-dealkylation sites (N-methyl/N-ethyl adjacent to an activating group) is 1. The average molecular weight is 351 g/mol. The third-order valence-corrected chi connectivity index (χ3v) is 6.27. The van der Waals surface area contributed by atoms with Gasteiger partial charge in [0.1, 0.15) is 0 Å². The van der Waals surface area contributed by atoms with Crippen molar-refractivity contribution in [3.8, 4) is 0 Å². The zero-order chi connectivity index (χ0) is 17.2. The van der Waals surface area contributed by atoms with Crippen molar-refractivity contribution >= 4 is 15.9 Å². The predicted octanol–water partition coefficient (Wildman–Crippen LogP) is 0.880. The van der Waals surface area contributed by atoms with E-state index in [4.69, 9.17) is 0 Å². The molecule has 132 valence electrons. The fraction of sp³-hybridized carbons (Fsp3) is 0.588. The quantitative estimate of drug-likeness (QED) is 0.764. The molecule has 1 aromatic carbocycles. The van der Waals surface area contributed by atoms with Crippen molar-refractivity contribution in [3.63, 3.8) is 0 Å². The first-order valence-corrected chi connectivity index (χ1v) is 10.0. The maximum Gasteiger partial charge on any atom is 0.240 e. The molecule has 0 radical (unpaired) electrons. The summed E-state index contributed by atoms with van der Waals surface area (Å²) < 4.78 is 26.9. The fourth-order valence-corrected chi connectivity index (χ4v) is 4.23. The van der Waals surface area contributed by atoms with Gasteiger partial charge in [0.05, 0.1) is 4.90 Å². The van der Waals surface area contributed by atoms with E-state index in [9.17, 15) is 13.2 Å². The van der Waals surface area contributed by atoms with E-state index >= 15 is 0 Å². The van der Waals surface area contributed by atoms with Crippen LogP contribution < -0.4 is 10.0 Å². The molecule has 7 heteroatoms. The molecule has 2 fully saturated rings. The number of carbonyl (C=O) groups is 1. The molecule has 1 saturated carbocycles. The molecule has 3 rings (SSSR count). The van der Waals surface area contributed by atoms with Gasteiger partial charge in [-0.15, -0.1) is 0 Å². The van der Waals surface area contributed by atoms with E-state index in [0.717, 1.165) is 37.9 Å². The van der Waals surface area contributed by atoms with E-state index in [1.165, 1.54) is 0 Å². The number of nitrogens with one attached hydrogen (secondary N) is 2. The molecule has 1 aliphatic heterocycles. The van der Waals surface area contributed by atoms with Crippen molar-refractivity contribution < 1.29 is 13.2 Å². The van der Waals surface area contributed by atoms with Gasteiger partial charge < -0.3 is 10.2 Å². The van der Waals surface area contributed by atoms with Crippen molar-refractivity contribution in [1.29, 1.82) is 0 Å². The summed E-state index contributed by atoms with van der Waals surface area (Å²) in [5, 5.41) is 3.26. The lowest BCUT2D eigenvalue weighted by Crippen LogP contribution is -2.38. The number of hydrogen-bond acceptors (Lipinski definition) is 4. The predicted molar refractivity (Wildman–Crippen MR) is 92.2 cm³/mol. The molecule has 1 aromatic rings. The molecule has 1 heterocycles. The molecule has 0 spiro atoms. The van der Waals surface area contributed by atoms with Crippen LogP contribution in [0, 0.1) is 0 Å². The normalized spacial score (nSPS) is 21.0. The first-order chi connectivity index (χ1) is 11.5. The smallest absolute Gasteiger partial charge is 0.240 e. The van der Waals surface area contributed by atoms with E-state index < -0.39 is 10.0 Å². The second-order valence-corrected chi connectivity index (χ2v) is 8.40. The van der Waals surface area contributed by atoms with Crippen LogP contribution in [0.3, 0.4) is 0 Å². The molecule has 2 N–H and O–H groups in total. The number of benzene rings is 1. The number of sulfonamides is 1. The number of nitrogens with zero attached hydrogens (tertiary/aromatic N) is 1. The Labute approximate surface area is 143 Å². The Bertz CT molecular complexity index is 678. The van der Waals surface area contributed by atoms with E-state index in [0.29, 0.717) is 23.8 Å². The number of hydrogen-bond donors (Lipinski definition) is 2. The third-order valence-electron chi connectivity index (χ3n) is 4.74. The first kappa shape index (κ1) is 17.4. The lowest BCUT2D eigenvalue weighted by molar-refractivity contribution is -0.131. The van der Waals surface area contributed by atoms with Gasteiger partial charge in [0.2, 0.25) is 15.9 Å². The van der Waals surface area contributed by atoms with Gasteiger partial charge in [-0.05, 0) is 49.9 Å². The van der Waals surface area contributed by atoms with Crippen LogP contribution in [0.4, 0.5) is 0 Å². The van der Waals surface area contributed by atoms with Crippen LogP contribution in [-0.4, -0.2) is 51.4 Å². The zero-order valence-electron chi connectivity index (χ0n) is 14.0. The maximum absolute atomic E-state index is 12.3. The van der Waals surface area contributed by atoms with Crippen molar-refractivity contribution in [3.05, 3.63) is 29.8 Å². The minimum atomic E-state index is -3.40. The highest BCUT2D eigenvalue weighted by atomic mass is 32.2. The summed E-state index contributed by atoms with van der Waals surface area (Å²) in [7, 11) is -1.54. The summed E-state index contributed by atoms with van der Waals surface area (Å²) in [5.41, 5.74) is 0.978. The van der Waals surface area contributed by atoms with Crippen LogP contribution in [0.5, 0.6) is 0 Å². The first-order valence-electron chi connectivity index (χ1n) is 8.53. The Morgan fingerprint density at radius 2 is 1.96 bits per heavy atom. The van der Waals surface area contributed by atoms with E-state index in [1.807, 2.05) is 11.9 Å². The molecule has 1 aliphatic carbocycles. The van der Waals surface area contributed by atoms with Gasteiger partial charge in [0.15, 0.2) is 0 Å². The van der Waals surface area contributed by atoms with Gasteiger partial charge in [-0.25, -0.2) is 13.1 Å². The van der Waals surface area contributed by atoms with E-state index in [2.05, 4.69) is 10.0 Å². The highest BCUT2D eigenvalue weighted by Gasteiger charge is 2.28. The molecular weight excluding hydrogens is 326 g/mol. The summed E-state index contributed by atoms with van der Waals surface area (Å²) in [6.45, 7) is 1.83. The van der Waals surface area contributed by atoms with Gasteiger partial charge in [-0.1, -0.05) is 12.1 Å². The molecule has 1 amide bonds. The Morgan fingerprint density at radius 1 is 1.25 bits per heavy atom. The Balaban J connectivity index is 1.53. The zero-order valence-corrected chi connectivity index (χ0v) is 14.8. The molecule has 1 atom stereocenters. The van der Waals surface area contributed by atoms with Crippen LogP contribution >= 0.6 is 0 Å². The lowest BCUT2D eigenvalue weighted by Gasteiger charge is -2.23. The Hall–Kier alpha value is -1.44. The van der Waals surface area contributed by atoms with Gasteiger partial charge in [0, 0.05) is 32.1 Å². The van der Waals surface area contributed by atoms with Crippen LogP contribution in [0.15, 0.2) is 29.2 Å². The SMILES string of the molecule is CN(C(=O)CCc1ccc(S(=O)(=O)NC2CC2)cc1)C1CCNC1. The minimum Gasteiger partial charge on any atom is -0.341 e. The molecule has 6 nitrogen and oxygen atoms in total. The van der Waals surface area contributed by atoms with E-state index in [-0.39, 0.29) is 11.9 Å². The molecule has 0 bridgehead atoms. The summed E-state index contributed by atoms with van der Waals surface area (Å²) in [4.78, 5) is 14.4. The second kappa shape index (κ2) is 7.21.